The van der Waals surface area contributed by atoms with Gasteiger partial charge in [0.05, 0.1) is 5.52 Å². The van der Waals surface area contributed by atoms with Crippen LogP contribution in [0.1, 0.15) is 31.8 Å². The van der Waals surface area contributed by atoms with Crippen LogP contribution in [0.2, 0.25) is 0 Å². The molecule has 8 nitrogen and oxygen atoms in total. The summed E-state index contributed by atoms with van der Waals surface area (Å²) in [5.74, 6) is -3.14. The van der Waals surface area contributed by atoms with Crippen molar-refractivity contribution in [3.05, 3.63) is 68.9 Å². The number of aryl methyl sites for hydroxylation is 1. The predicted octanol–water partition coefficient (Wildman–Crippen LogP) is 1.77. The first-order valence-corrected chi connectivity index (χ1v) is 8.55. The van der Waals surface area contributed by atoms with Gasteiger partial charge in [-0.1, -0.05) is 6.07 Å². The fraction of sp³-hybridized carbons (Fsp3) is 0.200. The van der Waals surface area contributed by atoms with Crippen LogP contribution in [0.4, 0.5) is 4.39 Å². The van der Waals surface area contributed by atoms with E-state index >= 15 is 0 Å². The van der Waals surface area contributed by atoms with E-state index in [1.807, 2.05) is 0 Å². The van der Waals surface area contributed by atoms with Gasteiger partial charge in [0.1, 0.15) is 11.3 Å². The number of carboxylic acids is 1. The molecule has 1 amide bonds. The number of pyridine rings is 2. The molecule has 0 radical (unpaired) electrons. The molecule has 1 aromatic carbocycles. The van der Waals surface area contributed by atoms with Crippen LogP contribution in [0.25, 0.3) is 11.0 Å². The third-order valence-corrected chi connectivity index (χ3v) is 4.58. The lowest BCUT2D eigenvalue weighted by Crippen LogP contribution is -2.25. The number of carbonyl (C=O) groups is 2. The second kappa shape index (κ2) is 7.34. The maximum Gasteiger partial charge on any atom is 0.345 e. The average Bonchev–Trinajstić information content (AvgIpc) is 2.66. The summed E-state index contributed by atoms with van der Waals surface area (Å²) in [5, 5.41) is 19.3. The number of halogens is 1. The van der Waals surface area contributed by atoms with Gasteiger partial charge in [0, 0.05) is 32.9 Å². The highest BCUT2D eigenvalue weighted by atomic mass is 19.1. The largest absolute Gasteiger partial charge is 0.505 e. The van der Waals surface area contributed by atoms with E-state index in [2.05, 4.69) is 4.98 Å². The number of rotatable bonds is 4. The zero-order chi connectivity index (χ0) is 21.5. The Labute approximate surface area is 164 Å². The number of carboxylic acid groups (broad SMARTS) is 1. The first-order chi connectivity index (χ1) is 13.6. The summed E-state index contributed by atoms with van der Waals surface area (Å²) in [6.07, 6.45) is 1.62. The number of nitrogens with zero attached hydrogens (tertiary/aromatic N) is 3. The topological polar surface area (TPSA) is 113 Å². The van der Waals surface area contributed by atoms with Gasteiger partial charge in [-0.05, 0) is 35.7 Å². The third kappa shape index (κ3) is 3.54. The molecule has 3 aromatic rings. The van der Waals surface area contributed by atoms with Crippen molar-refractivity contribution in [2.24, 2.45) is 7.05 Å². The number of hydrogen-bond acceptors (Lipinski definition) is 5. The first-order valence-electron chi connectivity index (χ1n) is 8.55. The summed E-state index contributed by atoms with van der Waals surface area (Å²) in [4.78, 5) is 41.4. The van der Waals surface area contributed by atoms with Gasteiger partial charge in [-0.3, -0.25) is 14.6 Å². The second-order valence-corrected chi connectivity index (χ2v) is 6.78. The summed E-state index contributed by atoms with van der Waals surface area (Å²) in [6.45, 7) is 0. The van der Waals surface area contributed by atoms with E-state index in [9.17, 15) is 23.9 Å². The van der Waals surface area contributed by atoms with Crippen LogP contribution in [-0.2, 0) is 13.5 Å². The summed E-state index contributed by atoms with van der Waals surface area (Å²) in [7, 11) is 4.50. The molecule has 0 saturated carbocycles. The van der Waals surface area contributed by atoms with Crippen LogP contribution in [0.3, 0.4) is 0 Å². The number of benzene rings is 1. The summed E-state index contributed by atoms with van der Waals surface area (Å²) >= 11 is 0. The SMILES string of the molecule is CN(C)C(=O)c1cc(F)ccc1Cc1cnc2c(O)c(C(=O)O)c(=O)n(C)c2c1. The number of aromatic carboxylic acids is 1. The number of aromatic nitrogens is 2. The summed E-state index contributed by atoms with van der Waals surface area (Å²) in [5.41, 5.74) is -0.0658. The molecule has 0 aliphatic rings. The number of amides is 1. The van der Waals surface area contributed by atoms with Gasteiger partial charge in [0.25, 0.3) is 11.5 Å². The van der Waals surface area contributed by atoms with Crippen LogP contribution in [0.15, 0.2) is 35.3 Å². The van der Waals surface area contributed by atoms with E-state index in [-0.39, 0.29) is 28.9 Å². The Morgan fingerprint density at radius 2 is 1.93 bits per heavy atom. The maximum atomic E-state index is 13.7. The van der Waals surface area contributed by atoms with Crippen LogP contribution in [-0.4, -0.2) is 50.6 Å². The molecule has 0 unspecified atom stereocenters. The smallest absolute Gasteiger partial charge is 0.345 e. The first kappa shape index (κ1) is 20.0. The molecule has 0 spiro atoms. The number of hydrogen-bond donors (Lipinski definition) is 2. The highest BCUT2D eigenvalue weighted by Gasteiger charge is 2.22. The van der Waals surface area contributed by atoms with Crippen LogP contribution < -0.4 is 5.56 Å². The molecule has 2 aromatic heterocycles. The summed E-state index contributed by atoms with van der Waals surface area (Å²) < 4.78 is 14.8. The van der Waals surface area contributed by atoms with Crippen molar-refractivity contribution < 1.29 is 24.2 Å². The van der Waals surface area contributed by atoms with E-state index in [1.165, 1.54) is 30.3 Å². The molecule has 9 heteroatoms. The Kier molecular flexibility index (Phi) is 5.06. The van der Waals surface area contributed by atoms with Crippen LogP contribution >= 0.6 is 0 Å². The van der Waals surface area contributed by atoms with E-state index < -0.39 is 28.7 Å². The minimum Gasteiger partial charge on any atom is -0.505 e. The molecular weight excluding hydrogens is 381 g/mol. The molecule has 0 bridgehead atoms. The number of carbonyl (C=O) groups excluding carboxylic acids is 1. The molecule has 2 heterocycles. The second-order valence-electron chi connectivity index (χ2n) is 6.78. The normalized spacial score (nSPS) is 10.9. The molecule has 3 rings (SSSR count). The number of aromatic hydroxyl groups is 1. The van der Waals surface area contributed by atoms with Crippen LogP contribution in [0, 0.1) is 5.82 Å². The highest BCUT2D eigenvalue weighted by molar-refractivity contribution is 5.97. The van der Waals surface area contributed by atoms with Gasteiger partial charge in [-0.15, -0.1) is 0 Å². The molecule has 29 heavy (non-hydrogen) atoms. The Balaban J connectivity index is 2.13. The lowest BCUT2D eigenvalue weighted by atomic mass is 9.99. The van der Waals surface area contributed by atoms with Crippen molar-refractivity contribution in [2.75, 3.05) is 14.1 Å². The van der Waals surface area contributed by atoms with Crippen LogP contribution in [0.5, 0.6) is 5.75 Å². The van der Waals surface area contributed by atoms with Crippen molar-refractivity contribution in [3.8, 4) is 5.75 Å². The quantitative estimate of drug-likeness (QED) is 0.691. The van der Waals surface area contributed by atoms with E-state index in [4.69, 9.17) is 5.11 Å². The minimum atomic E-state index is -1.55. The Hall–Kier alpha value is -3.75. The molecule has 0 atom stereocenters. The standard InChI is InChI=1S/C20H18FN3O5/c1-23(2)18(26)13-8-12(21)5-4-11(13)6-10-7-14-16(22-9-10)17(25)15(20(28)29)19(27)24(14)3/h4-5,7-9,25H,6H2,1-3H3,(H,28,29). The maximum absolute atomic E-state index is 13.7. The minimum absolute atomic E-state index is 0.0306. The van der Waals surface area contributed by atoms with Gasteiger partial charge < -0.3 is 19.7 Å². The van der Waals surface area contributed by atoms with Crippen molar-refractivity contribution in [2.45, 2.75) is 6.42 Å². The molecule has 0 aliphatic heterocycles. The van der Waals surface area contributed by atoms with Gasteiger partial charge in [-0.2, -0.15) is 0 Å². The van der Waals surface area contributed by atoms with Gasteiger partial charge in [0.15, 0.2) is 11.3 Å². The molecule has 0 fully saturated rings. The van der Waals surface area contributed by atoms with Crippen molar-refractivity contribution in [3.63, 3.8) is 0 Å². The molecule has 2 N–H and O–H groups in total. The van der Waals surface area contributed by atoms with Gasteiger partial charge >= 0.3 is 5.97 Å². The van der Waals surface area contributed by atoms with E-state index in [1.54, 1.807) is 20.2 Å². The zero-order valence-electron chi connectivity index (χ0n) is 15.9. The molecule has 0 aliphatic carbocycles. The fourth-order valence-electron chi connectivity index (χ4n) is 3.08. The summed E-state index contributed by atoms with van der Waals surface area (Å²) in [6, 6.07) is 5.48. The monoisotopic (exact) mass is 399 g/mol. The lowest BCUT2D eigenvalue weighted by molar-refractivity contribution is 0.0691. The van der Waals surface area contributed by atoms with Crippen molar-refractivity contribution in [1.29, 1.82) is 0 Å². The third-order valence-electron chi connectivity index (χ3n) is 4.58. The van der Waals surface area contributed by atoms with E-state index in [0.717, 1.165) is 10.6 Å². The average molecular weight is 399 g/mol. The van der Waals surface area contributed by atoms with E-state index in [0.29, 0.717) is 11.1 Å². The fourth-order valence-corrected chi connectivity index (χ4v) is 3.08. The van der Waals surface area contributed by atoms with Crippen molar-refractivity contribution >= 4 is 22.9 Å². The highest BCUT2D eigenvalue weighted by Crippen LogP contribution is 2.26. The lowest BCUT2D eigenvalue weighted by Gasteiger charge is -2.15. The Bertz CT molecular complexity index is 1220. The van der Waals surface area contributed by atoms with Gasteiger partial charge in [0.2, 0.25) is 0 Å². The molecule has 0 saturated heterocycles. The Morgan fingerprint density at radius 3 is 2.55 bits per heavy atom. The zero-order valence-corrected chi connectivity index (χ0v) is 15.9. The Morgan fingerprint density at radius 1 is 1.24 bits per heavy atom. The van der Waals surface area contributed by atoms with Gasteiger partial charge in [-0.25, -0.2) is 9.18 Å². The van der Waals surface area contributed by atoms with Crippen molar-refractivity contribution in [1.82, 2.24) is 14.5 Å². The molecule has 150 valence electrons. The predicted molar refractivity (Wildman–Crippen MR) is 103 cm³/mol. The number of fused-ring (bicyclic) bond motifs is 1. The molecular formula is C20H18FN3O5.